The van der Waals surface area contributed by atoms with Crippen molar-refractivity contribution in [2.45, 2.75) is 40.2 Å². The molecule has 1 heterocycles. The lowest BCUT2D eigenvalue weighted by Gasteiger charge is -2.21. The smallest absolute Gasteiger partial charge is 0.249 e. The molecule has 0 saturated carbocycles. The van der Waals surface area contributed by atoms with Gasteiger partial charge in [0.15, 0.2) is 0 Å². The van der Waals surface area contributed by atoms with E-state index in [4.69, 9.17) is 4.74 Å². The first-order valence-corrected chi connectivity index (χ1v) is 8.17. The van der Waals surface area contributed by atoms with E-state index in [1.165, 1.54) is 0 Å². The van der Waals surface area contributed by atoms with Gasteiger partial charge in [0.1, 0.15) is 11.4 Å². The number of fused-ring (bicyclic) bond motifs is 1. The van der Waals surface area contributed by atoms with E-state index in [1.54, 1.807) is 0 Å². The summed E-state index contributed by atoms with van der Waals surface area (Å²) < 4.78 is 5.99. The summed E-state index contributed by atoms with van der Waals surface area (Å²) in [7, 11) is 0. The summed E-state index contributed by atoms with van der Waals surface area (Å²) in [5, 5.41) is 2.24. The van der Waals surface area contributed by atoms with Crippen LogP contribution >= 0.6 is 0 Å². The van der Waals surface area contributed by atoms with Gasteiger partial charge in [-0.1, -0.05) is 24.3 Å². The second-order valence-electron chi connectivity index (χ2n) is 7.71. The van der Waals surface area contributed by atoms with Gasteiger partial charge in [-0.25, -0.2) is 0 Å². The zero-order chi connectivity index (χ0) is 17.5. The van der Waals surface area contributed by atoms with E-state index in [2.05, 4.69) is 35.1 Å². The van der Waals surface area contributed by atoms with Crippen LogP contribution in [0.5, 0.6) is 5.75 Å². The van der Waals surface area contributed by atoms with Crippen molar-refractivity contribution in [2.75, 3.05) is 0 Å². The summed E-state index contributed by atoms with van der Waals surface area (Å²) in [6.07, 6.45) is 2.03. The monoisotopic (exact) mass is 324 g/mol. The van der Waals surface area contributed by atoms with Crippen LogP contribution in [-0.4, -0.2) is 11.5 Å². The Balaban J connectivity index is 2.08. The van der Waals surface area contributed by atoms with Crippen LogP contribution in [0, 0.1) is 5.41 Å². The van der Waals surface area contributed by atoms with Crippen LogP contribution in [0.2, 0.25) is 0 Å². The van der Waals surface area contributed by atoms with Crippen molar-refractivity contribution in [3.8, 4) is 5.75 Å². The minimum absolute atomic E-state index is 0.0225. The van der Waals surface area contributed by atoms with Gasteiger partial charge in [-0.15, -0.1) is 0 Å². The van der Waals surface area contributed by atoms with E-state index in [1.807, 2.05) is 52.8 Å². The standard InChI is InChI=1S/C20H24N2O2/c1-19(2,3)24-15-10-9-13-7-6-8-14(16(13)12-15)11-17-20(4,5)18(23)22-21-17/h6-12,21H,1-5H3,(H,22,23)/b17-11-. The van der Waals surface area contributed by atoms with Crippen molar-refractivity contribution in [2.24, 2.45) is 5.41 Å². The van der Waals surface area contributed by atoms with Crippen LogP contribution in [0.4, 0.5) is 0 Å². The van der Waals surface area contributed by atoms with Crippen molar-refractivity contribution in [1.82, 2.24) is 10.9 Å². The summed E-state index contributed by atoms with van der Waals surface area (Å²) in [5.74, 6) is 0.819. The molecule has 2 N–H and O–H groups in total. The van der Waals surface area contributed by atoms with Gasteiger partial charge in [0.05, 0.1) is 5.41 Å². The van der Waals surface area contributed by atoms with Gasteiger partial charge in [-0.3, -0.25) is 10.2 Å². The highest BCUT2D eigenvalue weighted by atomic mass is 16.5. The van der Waals surface area contributed by atoms with Gasteiger partial charge in [-0.2, -0.15) is 0 Å². The molecule has 4 heteroatoms. The lowest BCUT2D eigenvalue weighted by molar-refractivity contribution is -0.125. The number of hydrazine groups is 1. The molecule has 3 rings (SSSR count). The number of amides is 1. The molecule has 1 aliphatic rings. The van der Waals surface area contributed by atoms with Crippen LogP contribution in [0.1, 0.15) is 40.2 Å². The van der Waals surface area contributed by atoms with E-state index in [-0.39, 0.29) is 11.5 Å². The SMILES string of the molecule is CC(C)(C)Oc1ccc2cccc(/C=C3\NNC(=O)C3(C)C)c2c1. The van der Waals surface area contributed by atoms with Gasteiger partial charge >= 0.3 is 0 Å². The highest BCUT2D eigenvalue weighted by molar-refractivity contribution is 5.94. The first-order valence-electron chi connectivity index (χ1n) is 8.17. The molecule has 0 radical (unpaired) electrons. The Morgan fingerprint density at radius 3 is 2.46 bits per heavy atom. The second kappa shape index (κ2) is 5.55. The highest BCUT2D eigenvalue weighted by Gasteiger charge is 2.37. The summed E-state index contributed by atoms with van der Waals surface area (Å²) in [6, 6.07) is 12.3. The van der Waals surface area contributed by atoms with Crippen molar-refractivity contribution >= 4 is 22.8 Å². The summed E-state index contributed by atoms with van der Waals surface area (Å²) in [4.78, 5) is 11.9. The third-order valence-electron chi connectivity index (χ3n) is 4.16. The molecule has 4 nitrogen and oxygen atoms in total. The number of benzene rings is 2. The van der Waals surface area contributed by atoms with Crippen molar-refractivity contribution in [3.63, 3.8) is 0 Å². The largest absolute Gasteiger partial charge is 0.488 e. The molecular weight excluding hydrogens is 300 g/mol. The first-order chi connectivity index (χ1) is 11.2. The average Bonchev–Trinajstić information content (AvgIpc) is 2.73. The fourth-order valence-corrected chi connectivity index (χ4v) is 2.75. The van der Waals surface area contributed by atoms with Crippen molar-refractivity contribution < 1.29 is 9.53 Å². The molecule has 1 aliphatic heterocycles. The number of rotatable bonds is 2. The third kappa shape index (κ3) is 3.09. The predicted octanol–water partition coefficient (Wildman–Crippen LogP) is 4.02. The van der Waals surface area contributed by atoms with Crippen LogP contribution in [0.15, 0.2) is 42.1 Å². The first kappa shape index (κ1) is 16.4. The molecule has 2 aromatic rings. The van der Waals surface area contributed by atoms with Crippen LogP contribution < -0.4 is 15.6 Å². The topological polar surface area (TPSA) is 50.4 Å². The number of hydrogen-bond acceptors (Lipinski definition) is 3. The number of ether oxygens (including phenoxy) is 1. The molecule has 0 aliphatic carbocycles. The van der Waals surface area contributed by atoms with Crippen LogP contribution in [0.25, 0.3) is 16.8 Å². The Bertz CT molecular complexity index is 829. The zero-order valence-electron chi connectivity index (χ0n) is 14.9. The highest BCUT2D eigenvalue weighted by Crippen LogP contribution is 2.32. The molecule has 1 saturated heterocycles. The Morgan fingerprint density at radius 2 is 1.83 bits per heavy atom. The molecule has 126 valence electrons. The molecule has 0 unspecified atom stereocenters. The maximum Gasteiger partial charge on any atom is 0.249 e. The Hall–Kier alpha value is -2.49. The lowest BCUT2D eigenvalue weighted by Crippen LogP contribution is -2.28. The zero-order valence-corrected chi connectivity index (χ0v) is 14.9. The van der Waals surface area contributed by atoms with Crippen molar-refractivity contribution in [3.05, 3.63) is 47.7 Å². The molecular formula is C20H24N2O2. The summed E-state index contributed by atoms with van der Waals surface area (Å²) >= 11 is 0. The maximum atomic E-state index is 11.9. The third-order valence-corrected chi connectivity index (χ3v) is 4.16. The van der Waals surface area contributed by atoms with Crippen LogP contribution in [-0.2, 0) is 4.79 Å². The molecule has 0 atom stereocenters. The van der Waals surface area contributed by atoms with E-state index in [0.717, 1.165) is 27.8 Å². The summed E-state index contributed by atoms with van der Waals surface area (Å²) in [5.41, 5.74) is 6.79. The van der Waals surface area contributed by atoms with Gasteiger partial charge in [0.25, 0.3) is 0 Å². The summed E-state index contributed by atoms with van der Waals surface area (Å²) in [6.45, 7) is 9.93. The maximum absolute atomic E-state index is 11.9. The quantitative estimate of drug-likeness (QED) is 0.877. The minimum Gasteiger partial charge on any atom is -0.488 e. The lowest BCUT2D eigenvalue weighted by atomic mass is 9.88. The van der Waals surface area contributed by atoms with Gasteiger partial charge in [0.2, 0.25) is 5.91 Å². The molecule has 1 fully saturated rings. The number of carbonyl (C=O) groups excluding carboxylic acids is 1. The predicted molar refractivity (Wildman–Crippen MR) is 97.4 cm³/mol. The number of carbonyl (C=O) groups is 1. The molecule has 24 heavy (non-hydrogen) atoms. The molecule has 0 spiro atoms. The van der Waals surface area contributed by atoms with Crippen LogP contribution in [0.3, 0.4) is 0 Å². The van der Waals surface area contributed by atoms with Crippen molar-refractivity contribution in [1.29, 1.82) is 0 Å². The minimum atomic E-state index is -0.568. The van der Waals surface area contributed by atoms with Gasteiger partial charge in [-0.05, 0) is 69.2 Å². The molecule has 1 amide bonds. The average molecular weight is 324 g/mol. The van der Waals surface area contributed by atoms with Gasteiger partial charge < -0.3 is 10.2 Å². The molecule has 2 aromatic carbocycles. The van der Waals surface area contributed by atoms with E-state index in [9.17, 15) is 4.79 Å². The van der Waals surface area contributed by atoms with E-state index >= 15 is 0 Å². The fourth-order valence-electron chi connectivity index (χ4n) is 2.75. The number of nitrogens with one attached hydrogen (secondary N) is 2. The Morgan fingerprint density at radius 1 is 1.08 bits per heavy atom. The Kier molecular flexibility index (Phi) is 3.78. The normalized spacial score (nSPS) is 18.5. The molecule has 0 aromatic heterocycles. The van der Waals surface area contributed by atoms with E-state index in [0.29, 0.717) is 0 Å². The Labute approximate surface area is 142 Å². The van der Waals surface area contributed by atoms with E-state index < -0.39 is 5.41 Å². The fraction of sp³-hybridized carbons (Fsp3) is 0.350. The number of hydrogen-bond donors (Lipinski definition) is 2. The van der Waals surface area contributed by atoms with Gasteiger partial charge in [0, 0.05) is 5.70 Å². The molecule has 0 bridgehead atoms. The second-order valence-corrected chi connectivity index (χ2v) is 7.71.